The van der Waals surface area contributed by atoms with Crippen LogP contribution < -0.4 is 20.9 Å². The maximum Gasteiger partial charge on any atom is 0.446 e. The molecule has 0 spiro atoms. The summed E-state index contributed by atoms with van der Waals surface area (Å²) in [4.78, 5) is 12.1. The first-order valence-corrected chi connectivity index (χ1v) is 10.3. The molecule has 0 amide bonds. The third kappa shape index (κ3) is 4.56. The van der Waals surface area contributed by atoms with Crippen molar-refractivity contribution in [3.05, 3.63) is 39.0 Å². The van der Waals surface area contributed by atoms with E-state index in [2.05, 4.69) is 40.7 Å². The summed E-state index contributed by atoms with van der Waals surface area (Å²) in [6, 6.07) is 3.95. The second-order valence-corrected chi connectivity index (χ2v) is 8.01. The summed E-state index contributed by atoms with van der Waals surface area (Å²) in [6.07, 6.45) is 0. The van der Waals surface area contributed by atoms with Crippen LogP contribution in [0.15, 0.2) is 32.0 Å². The molecular weight excluding hydrogens is 469 g/mol. The van der Waals surface area contributed by atoms with Gasteiger partial charge in [0.15, 0.2) is 5.69 Å². The lowest BCUT2D eigenvalue weighted by atomic mass is 10.3. The average molecular weight is 480 g/mol. The Morgan fingerprint density at radius 1 is 1.37 bits per heavy atom. The molecule has 0 atom stereocenters. The normalized spacial score (nSPS) is 11.7. The third-order valence-corrected chi connectivity index (χ3v) is 5.08. The van der Waals surface area contributed by atoms with Crippen molar-refractivity contribution in [3.63, 3.8) is 0 Å². The number of hydrogen-bond donors (Lipinski definition) is 3. The van der Waals surface area contributed by atoms with Gasteiger partial charge in [-0.3, -0.25) is 4.52 Å². The molecule has 1 aromatic carbocycles. The molecule has 0 aliphatic heterocycles. The number of nitrogens with zero attached hydrogens (tertiary/aromatic N) is 4. The van der Waals surface area contributed by atoms with E-state index in [-0.39, 0.29) is 29.1 Å². The molecule has 15 heteroatoms. The molecule has 3 rings (SSSR count). The number of aromatic nitrogens is 4. The van der Waals surface area contributed by atoms with Gasteiger partial charge in [-0.15, -0.1) is 5.10 Å². The minimum absolute atomic E-state index is 0.0205. The number of anilines is 1. The van der Waals surface area contributed by atoms with Crippen molar-refractivity contribution in [2.24, 2.45) is 5.14 Å². The zero-order chi connectivity index (χ0) is 19.6. The predicted molar refractivity (Wildman–Crippen MR) is 98.3 cm³/mol. The predicted octanol–water partition coefficient (Wildman–Crippen LogP) is 0.451. The number of halogens is 2. The minimum Gasteiger partial charge on any atom is -0.372 e. The largest absolute Gasteiger partial charge is 0.446 e. The van der Waals surface area contributed by atoms with Gasteiger partial charge in [0.25, 0.3) is 10.2 Å². The molecule has 11 nitrogen and oxygen atoms in total. The van der Waals surface area contributed by atoms with Crippen LogP contribution in [0.3, 0.4) is 0 Å². The molecule has 27 heavy (non-hydrogen) atoms. The van der Waals surface area contributed by atoms with Gasteiger partial charge in [-0.05, 0) is 34.1 Å². The lowest BCUT2D eigenvalue weighted by molar-refractivity contribution is 0.383. The molecule has 0 radical (unpaired) electrons. The zero-order valence-electron chi connectivity index (χ0n) is 13.2. The van der Waals surface area contributed by atoms with E-state index in [0.717, 1.165) is 16.1 Å². The standard InChI is InChI=1S/C12H11BrFN7O4S2/c13-7-5-6(1-2-8(7)14)21-10(19-25-12(21)22)9-11(26-20-18-9)16-3-4-17-27(15,23)24/h1-2,5,16-17H,3-4H2,(H2,15,23,24). The summed E-state index contributed by atoms with van der Waals surface area (Å²) in [6.45, 7) is 0.199. The third-order valence-electron chi connectivity index (χ3n) is 3.18. The second-order valence-electron chi connectivity index (χ2n) is 5.02. The maximum absolute atomic E-state index is 13.5. The van der Waals surface area contributed by atoms with Crippen LogP contribution in [0.5, 0.6) is 0 Å². The topological polar surface area (TPSA) is 158 Å². The van der Waals surface area contributed by atoms with E-state index in [1.54, 1.807) is 0 Å². The van der Waals surface area contributed by atoms with E-state index in [4.69, 9.17) is 9.66 Å². The first kappa shape index (κ1) is 19.6. The molecule has 4 N–H and O–H groups in total. The van der Waals surface area contributed by atoms with Gasteiger partial charge >= 0.3 is 5.76 Å². The fourth-order valence-electron chi connectivity index (χ4n) is 2.07. The van der Waals surface area contributed by atoms with Crippen LogP contribution in [0.25, 0.3) is 17.2 Å². The summed E-state index contributed by atoms with van der Waals surface area (Å²) >= 11 is 4.03. The van der Waals surface area contributed by atoms with E-state index in [9.17, 15) is 17.6 Å². The minimum atomic E-state index is -3.80. The van der Waals surface area contributed by atoms with Crippen molar-refractivity contribution in [2.45, 2.75) is 0 Å². The Morgan fingerprint density at radius 2 is 2.15 bits per heavy atom. The Kier molecular flexibility index (Phi) is 5.66. The molecule has 144 valence electrons. The van der Waals surface area contributed by atoms with Crippen LogP contribution in [-0.2, 0) is 10.2 Å². The van der Waals surface area contributed by atoms with Crippen LogP contribution >= 0.6 is 27.5 Å². The highest BCUT2D eigenvalue weighted by atomic mass is 79.9. The lowest BCUT2D eigenvalue weighted by Crippen LogP contribution is -2.34. The fraction of sp³-hybridized carbons (Fsp3) is 0.167. The van der Waals surface area contributed by atoms with Crippen molar-refractivity contribution in [1.82, 2.24) is 24.0 Å². The SMILES string of the molecule is NS(=O)(=O)NCCNc1snnc1-c1noc(=O)n1-c1ccc(F)c(Br)c1. The Bertz CT molecular complexity index is 1130. The zero-order valence-corrected chi connectivity index (χ0v) is 16.4. The highest BCUT2D eigenvalue weighted by Gasteiger charge is 2.21. The van der Waals surface area contributed by atoms with Crippen molar-refractivity contribution in [2.75, 3.05) is 18.4 Å². The number of nitrogens with two attached hydrogens (primary N) is 1. The molecule has 0 aliphatic carbocycles. The van der Waals surface area contributed by atoms with Gasteiger partial charge in [0.05, 0.1) is 10.2 Å². The average Bonchev–Trinajstić information content (AvgIpc) is 3.19. The van der Waals surface area contributed by atoms with Crippen molar-refractivity contribution in [1.29, 1.82) is 0 Å². The summed E-state index contributed by atoms with van der Waals surface area (Å²) < 4.78 is 47.1. The summed E-state index contributed by atoms with van der Waals surface area (Å²) in [5.41, 5.74) is 0.515. The lowest BCUT2D eigenvalue weighted by Gasteiger charge is -2.07. The van der Waals surface area contributed by atoms with E-state index >= 15 is 0 Å². The molecule has 2 aromatic heterocycles. The van der Waals surface area contributed by atoms with Crippen molar-refractivity contribution < 1.29 is 17.3 Å². The molecule has 0 saturated carbocycles. The summed E-state index contributed by atoms with van der Waals surface area (Å²) in [7, 11) is -3.80. The van der Waals surface area contributed by atoms with Crippen LogP contribution in [0.2, 0.25) is 0 Å². The van der Waals surface area contributed by atoms with Crippen LogP contribution in [0, 0.1) is 5.82 Å². The van der Waals surface area contributed by atoms with Gasteiger partial charge in [0.2, 0.25) is 5.82 Å². The van der Waals surface area contributed by atoms with Gasteiger partial charge in [0.1, 0.15) is 10.8 Å². The summed E-state index contributed by atoms with van der Waals surface area (Å²) in [5.74, 6) is -1.24. The quantitative estimate of drug-likeness (QED) is 0.412. The smallest absolute Gasteiger partial charge is 0.372 e. The monoisotopic (exact) mass is 479 g/mol. The Balaban J connectivity index is 1.89. The first-order valence-electron chi connectivity index (χ1n) is 7.14. The van der Waals surface area contributed by atoms with Crippen LogP contribution in [-0.4, -0.2) is 40.8 Å². The highest BCUT2D eigenvalue weighted by Crippen LogP contribution is 2.29. The van der Waals surface area contributed by atoms with E-state index in [0.29, 0.717) is 10.7 Å². The van der Waals surface area contributed by atoms with Gasteiger partial charge in [0, 0.05) is 24.6 Å². The molecule has 0 aliphatic rings. The Morgan fingerprint density at radius 3 is 2.85 bits per heavy atom. The van der Waals surface area contributed by atoms with Gasteiger partial charge in [-0.2, -0.15) is 8.42 Å². The summed E-state index contributed by atoms with van der Waals surface area (Å²) in [5, 5.41) is 15.8. The molecule has 0 saturated heterocycles. The molecule has 0 bridgehead atoms. The highest BCUT2D eigenvalue weighted by molar-refractivity contribution is 9.10. The molecular formula is C12H11BrFN7O4S2. The van der Waals surface area contributed by atoms with Crippen LogP contribution in [0.4, 0.5) is 9.39 Å². The number of benzene rings is 1. The fourth-order valence-corrected chi connectivity index (χ4v) is 3.42. The van der Waals surface area contributed by atoms with Crippen LogP contribution in [0.1, 0.15) is 0 Å². The Hall–Kier alpha value is -2.20. The van der Waals surface area contributed by atoms with Crippen molar-refractivity contribution in [3.8, 4) is 17.2 Å². The first-order chi connectivity index (χ1) is 12.8. The molecule has 2 heterocycles. The number of nitrogens with one attached hydrogen (secondary N) is 2. The van der Waals surface area contributed by atoms with Gasteiger partial charge in [-0.25, -0.2) is 23.6 Å². The van der Waals surface area contributed by atoms with E-state index in [1.165, 1.54) is 18.2 Å². The molecule has 0 fully saturated rings. The Labute approximate surface area is 163 Å². The van der Waals surface area contributed by atoms with Gasteiger partial charge < -0.3 is 5.32 Å². The second kappa shape index (κ2) is 7.81. The van der Waals surface area contributed by atoms with E-state index in [1.807, 2.05) is 0 Å². The maximum atomic E-state index is 13.5. The van der Waals surface area contributed by atoms with Crippen molar-refractivity contribution >= 4 is 42.7 Å². The molecule has 0 unspecified atom stereocenters. The van der Waals surface area contributed by atoms with E-state index < -0.39 is 21.8 Å². The molecule has 3 aromatic rings. The number of hydrogen-bond acceptors (Lipinski definition) is 9. The van der Waals surface area contributed by atoms with Gasteiger partial charge in [-0.1, -0.05) is 9.64 Å². The number of rotatable bonds is 7.